The van der Waals surface area contributed by atoms with E-state index in [-0.39, 0.29) is 11.4 Å². The second kappa shape index (κ2) is 5.69. The van der Waals surface area contributed by atoms with E-state index in [9.17, 15) is 9.18 Å². The van der Waals surface area contributed by atoms with Crippen molar-refractivity contribution < 1.29 is 14.3 Å². The average Bonchev–Trinajstić information content (AvgIpc) is 2.56. The summed E-state index contributed by atoms with van der Waals surface area (Å²) in [5.41, 5.74) is 1.54. The summed E-state index contributed by atoms with van der Waals surface area (Å²) < 4.78 is 12.9. The van der Waals surface area contributed by atoms with Crippen LogP contribution in [0.4, 0.5) is 4.39 Å². The van der Waals surface area contributed by atoms with Crippen molar-refractivity contribution in [1.29, 1.82) is 0 Å². The molecule has 1 aromatic heterocycles. The van der Waals surface area contributed by atoms with E-state index >= 15 is 0 Å². The SMILES string of the molecule is O=C(O)c1ccc(-c2ncnc(-c3ccc(F)cc3)n2)cc1. The van der Waals surface area contributed by atoms with Crippen molar-refractivity contribution >= 4 is 5.97 Å². The molecule has 3 aromatic rings. The first-order chi connectivity index (χ1) is 10.6. The molecule has 0 radical (unpaired) electrons. The molecule has 108 valence electrons. The lowest BCUT2D eigenvalue weighted by molar-refractivity contribution is 0.0697. The van der Waals surface area contributed by atoms with E-state index in [2.05, 4.69) is 15.0 Å². The van der Waals surface area contributed by atoms with Crippen LogP contribution in [0.15, 0.2) is 54.9 Å². The molecule has 0 bridgehead atoms. The summed E-state index contributed by atoms with van der Waals surface area (Å²) in [6, 6.07) is 12.1. The predicted octanol–water partition coefficient (Wildman–Crippen LogP) is 3.04. The third-order valence-corrected chi connectivity index (χ3v) is 3.06. The molecule has 0 saturated carbocycles. The fourth-order valence-corrected chi connectivity index (χ4v) is 1.94. The maximum Gasteiger partial charge on any atom is 0.335 e. The van der Waals surface area contributed by atoms with Gasteiger partial charge in [0.25, 0.3) is 0 Å². The van der Waals surface area contributed by atoms with Gasteiger partial charge in [-0.15, -0.1) is 0 Å². The van der Waals surface area contributed by atoms with Crippen molar-refractivity contribution in [2.45, 2.75) is 0 Å². The molecule has 22 heavy (non-hydrogen) atoms. The third kappa shape index (κ3) is 2.80. The van der Waals surface area contributed by atoms with Crippen LogP contribution in [-0.4, -0.2) is 26.0 Å². The summed E-state index contributed by atoms with van der Waals surface area (Å²) in [5, 5.41) is 8.89. The normalized spacial score (nSPS) is 10.4. The molecule has 2 aromatic carbocycles. The fraction of sp³-hybridized carbons (Fsp3) is 0. The molecule has 6 heteroatoms. The second-order valence-corrected chi connectivity index (χ2v) is 4.52. The van der Waals surface area contributed by atoms with E-state index in [1.54, 1.807) is 24.3 Å². The Bertz CT molecular complexity index is 818. The number of carboxylic acid groups (broad SMARTS) is 1. The van der Waals surface area contributed by atoms with Gasteiger partial charge in [0.1, 0.15) is 12.1 Å². The van der Waals surface area contributed by atoms with Gasteiger partial charge in [-0.2, -0.15) is 0 Å². The monoisotopic (exact) mass is 295 g/mol. The highest BCUT2D eigenvalue weighted by molar-refractivity contribution is 5.88. The molecular formula is C16H10FN3O2. The highest BCUT2D eigenvalue weighted by Crippen LogP contribution is 2.19. The Hall–Kier alpha value is -3.15. The highest BCUT2D eigenvalue weighted by Gasteiger charge is 2.08. The smallest absolute Gasteiger partial charge is 0.335 e. The van der Waals surface area contributed by atoms with E-state index < -0.39 is 5.97 Å². The number of carbonyl (C=O) groups is 1. The van der Waals surface area contributed by atoms with Crippen LogP contribution in [0.2, 0.25) is 0 Å². The summed E-state index contributed by atoms with van der Waals surface area (Å²) >= 11 is 0. The highest BCUT2D eigenvalue weighted by atomic mass is 19.1. The number of aromatic carboxylic acids is 1. The number of nitrogens with zero attached hydrogens (tertiary/aromatic N) is 3. The van der Waals surface area contributed by atoms with Crippen molar-refractivity contribution in [3.63, 3.8) is 0 Å². The molecular weight excluding hydrogens is 285 g/mol. The molecule has 0 atom stereocenters. The minimum absolute atomic E-state index is 0.191. The molecule has 0 aliphatic heterocycles. The van der Waals surface area contributed by atoms with Crippen LogP contribution in [0.1, 0.15) is 10.4 Å². The maximum atomic E-state index is 12.9. The van der Waals surface area contributed by atoms with Gasteiger partial charge in [-0.3, -0.25) is 0 Å². The van der Waals surface area contributed by atoms with Crippen molar-refractivity contribution in [3.05, 3.63) is 66.2 Å². The number of halogens is 1. The zero-order valence-corrected chi connectivity index (χ0v) is 11.3. The molecule has 0 spiro atoms. The Morgan fingerprint density at radius 3 is 1.86 bits per heavy atom. The summed E-state index contributed by atoms with van der Waals surface area (Å²) in [4.78, 5) is 23.3. The lowest BCUT2D eigenvalue weighted by Crippen LogP contribution is -1.97. The summed E-state index contributed by atoms with van der Waals surface area (Å²) in [6.45, 7) is 0. The van der Waals surface area contributed by atoms with Gasteiger partial charge < -0.3 is 5.11 Å². The second-order valence-electron chi connectivity index (χ2n) is 4.52. The van der Waals surface area contributed by atoms with Gasteiger partial charge in [0.15, 0.2) is 11.6 Å². The first-order valence-corrected chi connectivity index (χ1v) is 6.42. The molecule has 3 rings (SSSR count). The number of hydrogen-bond donors (Lipinski definition) is 1. The van der Waals surface area contributed by atoms with E-state index in [1.807, 2.05) is 0 Å². The van der Waals surface area contributed by atoms with Crippen LogP contribution in [0, 0.1) is 5.82 Å². The number of aromatic nitrogens is 3. The molecule has 1 heterocycles. The molecule has 0 aliphatic carbocycles. The van der Waals surface area contributed by atoms with Gasteiger partial charge in [-0.05, 0) is 36.4 Å². The molecule has 5 nitrogen and oxygen atoms in total. The van der Waals surface area contributed by atoms with E-state index in [0.29, 0.717) is 22.8 Å². The van der Waals surface area contributed by atoms with Gasteiger partial charge in [0.2, 0.25) is 0 Å². The Morgan fingerprint density at radius 2 is 1.36 bits per heavy atom. The minimum Gasteiger partial charge on any atom is -0.478 e. The molecule has 0 aliphatic rings. The molecule has 0 amide bonds. The van der Waals surface area contributed by atoms with Gasteiger partial charge in [0.05, 0.1) is 5.56 Å². The van der Waals surface area contributed by atoms with Gasteiger partial charge >= 0.3 is 5.97 Å². The van der Waals surface area contributed by atoms with E-state index in [4.69, 9.17) is 5.11 Å². The quantitative estimate of drug-likeness (QED) is 0.803. The van der Waals surface area contributed by atoms with Crippen molar-refractivity contribution in [1.82, 2.24) is 15.0 Å². The predicted molar refractivity (Wildman–Crippen MR) is 77.6 cm³/mol. The van der Waals surface area contributed by atoms with Crippen LogP contribution < -0.4 is 0 Å². The number of hydrogen-bond acceptors (Lipinski definition) is 4. The zero-order valence-electron chi connectivity index (χ0n) is 11.3. The lowest BCUT2D eigenvalue weighted by Gasteiger charge is -2.04. The first kappa shape index (κ1) is 13.8. The van der Waals surface area contributed by atoms with Crippen molar-refractivity contribution in [2.24, 2.45) is 0 Å². The van der Waals surface area contributed by atoms with Gasteiger partial charge in [0, 0.05) is 11.1 Å². The van der Waals surface area contributed by atoms with Crippen molar-refractivity contribution in [3.8, 4) is 22.8 Å². The minimum atomic E-state index is -0.991. The number of carboxylic acids is 1. The fourth-order valence-electron chi connectivity index (χ4n) is 1.94. The van der Waals surface area contributed by atoms with E-state index in [0.717, 1.165) is 0 Å². The standard InChI is InChI=1S/C16H10FN3O2/c17-13-7-5-11(6-8-13)15-19-9-18-14(20-15)10-1-3-12(4-2-10)16(21)22/h1-9H,(H,21,22). The first-order valence-electron chi connectivity index (χ1n) is 6.42. The summed E-state index contributed by atoms with van der Waals surface area (Å²) in [6.07, 6.45) is 1.37. The van der Waals surface area contributed by atoms with E-state index in [1.165, 1.54) is 30.6 Å². The Labute approximate surface area is 125 Å². The third-order valence-electron chi connectivity index (χ3n) is 3.06. The maximum absolute atomic E-state index is 12.9. The molecule has 0 fully saturated rings. The Kier molecular flexibility index (Phi) is 3.57. The lowest BCUT2D eigenvalue weighted by atomic mass is 10.1. The van der Waals surface area contributed by atoms with Gasteiger partial charge in [-0.25, -0.2) is 24.1 Å². The van der Waals surface area contributed by atoms with Crippen molar-refractivity contribution in [2.75, 3.05) is 0 Å². The number of benzene rings is 2. The van der Waals surface area contributed by atoms with Crippen LogP contribution >= 0.6 is 0 Å². The zero-order chi connectivity index (χ0) is 15.5. The summed E-state index contributed by atoms with van der Waals surface area (Å²) in [5.74, 6) is -0.477. The average molecular weight is 295 g/mol. The van der Waals surface area contributed by atoms with Crippen LogP contribution in [0.3, 0.4) is 0 Å². The number of rotatable bonds is 3. The molecule has 1 N–H and O–H groups in total. The topological polar surface area (TPSA) is 76.0 Å². The summed E-state index contributed by atoms with van der Waals surface area (Å²) in [7, 11) is 0. The Morgan fingerprint density at radius 1 is 0.864 bits per heavy atom. The Balaban J connectivity index is 1.97. The molecule has 0 saturated heterocycles. The molecule has 0 unspecified atom stereocenters. The van der Waals surface area contributed by atoms with Crippen LogP contribution in [0.5, 0.6) is 0 Å². The van der Waals surface area contributed by atoms with Gasteiger partial charge in [-0.1, -0.05) is 12.1 Å². The van der Waals surface area contributed by atoms with Crippen LogP contribution in [0.25, 0.3) is 22.8 Å². The largest absolute Gasteiger partial charge is 0.478 e. The van der Waals surface area contributed by atoms with Crippen LogP contribution in [-0.2, 0) is 0 Å².